The molecule has 6 N–H and O–H groups in total. The van der Waals surface area contributed by atoms with Gasteiger partial charge in [0.05, 0.1) is 11.4 Å². The normalized spacial score (nSPS) is 12.2. The minimum Gasteiger partial charge on any atom is -0.489 e. The van der Waals surface area contributed by atoms with Crippen molar-refractivity contribution < 1.29 is 23.1 Å². The maximum Gasteiger partial charge on any atom is 0.322 e. The average molecular weight is 449 g/mol. The van der Waals surface area contributed by atoms with E-state index in [-0.39, 0.29) is 24.7 Å². The van der Waals surface area contributed by atoms with Gasteiger partial charge in [-0.3, -0.25) is 4.79 Å². The minimum absolute atomic E-state index is 0.0221. The van der Waals surface area contributed by atoms with E-state index in [2.05, 4.69) is 9.71 Å². The molecular weight excluding hydrogens is 420 g/mol. The van der Waals surface area contributed by atoms with Crippen molar-refractivity contribution in [3.05, 3.63) is 59.7 Å². The van der Waals surface area contributed by atoms with Crippen LogP contribution in [0.15, 0.2) is 53.5 Å². The number of nitrogens with zero attached hydrogens (tertiary/aromatic N) is 1. The number of hydrogen-bond acceptors (Lipinski definition) is 5. The summed E-state index contributed by atoms with van der Waals surface area (Å²) in [5, 5.41) is 9.40. The van der Waals surface area contributed by atoms with Gasteiger partial charge in [0.15, 0.2) is 5.96 Å². The standard InChI is InChI=1S/C21H28N4O5S/c1-2-3-12-31(28,29)25-19(20(26)27)13-15-8-10-17(11-9-15)30-14-16-6-4-5-7-18(16)24-21(22)23/h4-11,19,25H,2-3,12-14H2,1H3,(H,26,27)(H4,22,23,24)/t19-/m0/s1. The van der Waals surface area contributed by atoms with E-state index < -0.39 is 22.0 Å². The monoisotopic (exact) mass is 448 g/mol. The summed E-state index contributed by atoms with van der Waals surface area (Å²) >= 11 is 0. The zero-order valence-corrected chi connectivity index (χ0v) is 18.1. The number of carboxylic acid groups (broad SMARTS) is 1. The Kier molecular flexibility index (Phi) is 8.83. The fourth-order valence-electron chi connectivity index (χ4n) is 2.79. The molecule has 0 fully saturated rings. The van der Waals surface area contributed by atoms with Crippen LogP contribution in [0.3, 0.4) is 0 Å². The van der Waals surface area contributed by atoms with Gasteiger partial charge >= 0.3 is 5.97 Å². The molecule has 0 radical (unpaired) electrons. The Bertz CT molecular complexity index is 1000. The second-order valence-electron chi connectivity index (χ2n) is 6.98. The fourth-order valence-corrected chi connectivity index (χ4v) is 4.19. The summed E-state index contributed by atoms with van der Waals surface area (Å²) < 4.78 is 32.1. The first-order valence-electron chi connectivity index (χ1n) is 9.82. The van der Waals surface area contributed by atoms with Gasteiger partial charge in [0.2, 0.25) is 10.0 Å². The number of aliphatic carboxylic acids is 1. The molecule has 1 atom stereocenters. The van der Waals surface area contributed by atoms with Crippen LogP contribution in [0.25, 0.3) is 0 Å². The number of nitrogens with one attached hydrogen (secondary N) is 1. The molecule has 2 rings (SSSR count). The first-order valence-corrected chi connectivity index (χ1v) is 11.5. The molecule has 0 aromatic heterocycles. The molecule has 0 heterocycles. The number of ether oxygens (including phenoxy) is 1. The van der Waals surface area contributed by atoms with Gasteiger partial charge in [-0.25, -0.2) is 18.1 Å². The van der Waals surface area contributed by atoms with Gasteiger partial charge < -0.3 is 21.3 Å². The van der Waals surface area contributed by atoms with Crippen molar-refractivity contribution in [2.45, 2.75) is 38.8 Å². The number of rotatable bonds is 12. The lowest BCUT2D eigenvalue weighted by Gasteiger charge is -2.15. The minimum atomic E-state index is -3.65. The van der Waals surface area contributed by atoms with Gasteiger partial charge in [0, 0.05) is 5.56 Å². The van der Waals surface area contributed by atoms with Crippen LogP contribution >= 0.6 is 0 Å². The molecule has 2 aromatic carbocycles. The number of nitrogens with two attached hydrogens (primary N) is 2. The molecule has 168 valence electrons. The first kappa shape index (κ1) is 24.2. The highest BCUT2D eigenvalue weighted by Crippen LogP contribution is 2.21. The number of aliphatic imine (C=N–C) groups is 1. The van der Waals surface area contributed by atoms with Crippen molar-refractivity contribution in [3.8, 4) is 5.75 Å². The maximum absolute atomic E-state index is 12.0. The Morgan fingerprint density at radius 3 is 2.45 bits per heavy atom. The van der Waals surface area contributed by atoms with Crippen molar-refractivity contribution >= 4 is 27.6 Å². The van der Waals surface area contributed by atoms with Crippen molar-refractivity contribution in [2.24, 2.45) is 16.5 Å². The number of carbonyl (C=O) groups is 1. The highest BCUT2D eigenvalue weighted by atomic mass is 32.2. The number of guanidine groups is 1. The first-order chi connectivity index (χ1) is 14.7. The highest BCUT2D eigenvalue weighted by molar-refractivity contribution is 7.89. The second-order valence-corrected chi connectivity index (χ2v) is 8.86. The maximum atomic E-state index is 12.0. The largest absolute Gasteiger partial charge is 0.489 e. The third-order valence-corrected chi connectivity index (χ3v) is 5.85. The van der Waals surface area contributed by atoms with Crippen LogP contribution in [0.4, 0.5) is 5.69 Å². The molecule has 0 unspecified atom stereocenters. The van der Waals surface area contributed by atoms with Gasteiger partial charge in [-0.15, -0.1) is 0 Å². The highest BCUT2D eigenvalue weighted by Gasteiger charge is 2.24. The van der Waals surface area contributed by atoms with E-state index in [0.717, 1.165) is 5.56 Å². The predicted molar refractivity (Wildman–Crippen MR) is 120 cm³/mol. The van der Waals surface area contributed by atoms with E-state index in [1.807, 2.05) is 25.1 Å². The van der Waals surface area contributed by atoms with E-state index in [0.29, 0.717) is 29.8 Å². The van der Waals surface area contributed by atoms with Crippen molar-refractivity contribution in [2.75, 3.05) is 5.75 Å². The zero-order chi connectivity index (χ0) is 22.9. The smallest absolute Gasteiger partial charge is 0.322 e. The van der Waals surface area contributed by atoms with E-state index >= 15 is 0 Å². The molecule has 10 heteroatoms. The van der Waals surface area contributed by atoms with Crippen molar-refractivity contribution in [1.29, 1.82) is 0 Å². The zero-order valence-electron chi connectivity index (χ0n) is 17.3. The Balaban J connectivity index is 2.01. The SMILES string of the molecule is CCCCS(=O)(=O)N[C@@H](Cc1ccc(OCc2ccccc2N=C(N)N)cc1)C(=O)O. The molecule has 0 saturated heterocycles. The fraction of sp³-hybridized carbons (Fsp3) is 0.333. The third-order valence-electron chi connectivity index (χ3n) is 4.39. The summed E-state index contributed by atoms with van der Waals surface area (Å²) in [7, 11) is -3.65. The summed E-state index contributed by atoms with van der Waals surface area (Å²) in [5.41, 5.74) is 13.0. The van der Waals surface area contributed by atoms with Crippen LogP contribution in [0.1, 0.15) is 30.9 Å². The summed E-state index contributed by atoms with van der Waals surface area (Å²) in [6.07, 6.45) is 1.20. The van der Waals surface area contributed by atoms with Crippen LogP contribution < -0.4 is 20.9 Å². The lowest BCUT2D eigenvalue weighted by molar-refractivity contribution is -0.138. The average Bonchev–Trinajstić information content (AvgIpc) is 2.71. The lowest BCUT2D eigenvalue weighted by Crippen LogP contribution is -2.43. The quantitative estimate of drug-likeness (QED) is 0.285. The molecule has 0 aliphatic rings. The topological polar surface area (TPSA) is 157 Å². The number of unbranched alkanes of at least 4 members (excludes halogenated alkanes) is 1. The van der Waals surface area contributed by atoms with Gasteiger partial charge in [0.1, 0.15) is 18.4 Å². The van der Waals surface area contributed by atoms with Crippen LogP contribution in [-0.2, 0) is 27.8 Å². The predicted octanol–water partition coefficient (Wildman–Crippen LogP) is 1.89. The van der Waals surface area contributed by atoms with E-state index in [9.17, 15) is 18.3 Å². The van der Waals surface area contributed by atoms with Gasteiger partial charge in [-0.05, 0) is 36.6 Å². The Morgan fingerprint density at radius 1 is 1.16 bits per heavy atom. The molecule has 0 spiro atoms. The second kappa shape index (κ2) is 11.3. The molecule has 0 aliphatic carbocycles. The molecule has 0 aliphatic heterocycles. The molecule has 0 saturated carbocycles. The number of hydrogen-bond donors (Lipinski definition) is 4. The Hall–Kier alpha value is -3.11. The number of para-hydroxylation sites is 1. The van der Waals surface area contributed by atoms with Gasteiger partial charge in [0.25, 0.3) is 0 Å². The molecule has 9 nitrogen and oxygen atoms in total. The Morgan fingerprint density at radius 2 is 1.84 bits per heavy atom. The number of benzene rings is 2. The number of sulfonamides is 1. The summed E-state index contributed by atoms with van der Waals surface area (Å²) in [6, 6.07) is 12.8. The third kappa shape index (κ3) is 8.27. The summed E-state index contributed by atoms with van der Waals surface area (Å²) in [4.78, 5) is 15.6. The van der Waals surface area contributed by atoms with Crippen LogP contribution in [0, 0.1) is 0 Å². The van der Waals surface area contributed by atoms with Gasteiger partial charge in [-0.1, -0.05) is 43.7 Å². The molecule has 31 heavy (non-hydrogen) atoms. The van der Waals surface area contributed by atoms with Crippen molar-refractivity contribution in [1.82, 2.24) is 4.72 Å². The summed E-state index contributed by atoms with van der Waals surface area (Å²) in [6.45, 7) is 2.11. The Labute approximate surface area is 182 Å². The van der Waals surface area contributed by atoms with E-state index in [1.54, 1.807) is 30.3 Å². The molecule has 0 amide bonds. The number of carboxylic acids is 1. The van der Waals surface area contributed by atoms with E-state index in [1.165, 1.54) is 0 Å². The van der Waals surface area contributed by atoms with E-state index in [4.69, 9.17) is 16.2 Å². The molecular formula is C21H28N4O5S. The van der Waals surface area contributed by atoms with Crippen molar-refractivity contribution in [3.63, 3.8) is 0 Å². The van der Waals surface area contributed by atoms with Crippen LogP contribution in [-0.4, -0.2) is 37.2 Å². The molecule has 0 bridgehead atoms. The molecule has 2 aromatic rings. The lowest BCUT2D eigenvalue weighted by atomic mass is 10.1. The van der Waals surface area contributed by atoms with Crippen LogP contribution in [0.2, 0.25) is 0 Å². The van der Waals surface area contributed by atoms with Crippen LogP contribution in [0.5, 0.6) is 5.75 Å². The summed E-state index contributed by atoms with van der Waals surface area (Å²) in [5.74, 6) is -0.799. The van der Waals surface area contributed by atoms with Gasteiger partial charge in [-0.2, -0.15) is 0 Å².